The maximum Gasteiger partial charge on any atom is 0.326 e. The Labute approximate surface area is 121 Å². The van der Waals surface area contributed by atoms with E-state index in [0.717, 1.165) is 18.2 Å². The molecule has 1 aromatic carbocycles. The normalized spacial score (nSPS) is 11.8. The largest absolute Gasteiger partial charge is 0.485 e. The predicted molar refractivity (Wildman–Crippen MR) is 72.6 cm³/mol. The number of carbonyl (C=O) groups is 1. The highest BCUT2D eigenvalue weighted by molar-refractivity contribution is 5.76. The molecule has 0 heterocycles. The van der Waals surface area contributed by atoms with Gasteiger partial charge in [0, 0.05) is 0 Å². The number of esters is 1. The van der Waals surface area contributed by atoms with Crippen molar-refractivity contribution in [2.45, 2.75) is 19.9 Å². The third-order valence-corrected chi connectivity index (χ3v) is 2.54. The molecule has 1 aromatic rings. The highest BCUT2D eigenvalue weighted by atomic mass is 19.1. The zero-order valence-corrected chi connectivity index (χ0v) is 11.8. The number of hydrogen-bond donors (Lipinski definition) is 1. The summed E-state index contributed by atoms with van der Waals surface area (Å²) in [5.74, 6) is -1.35. The van der Waals surface area contributed by atoms with Crippen LogP contribution in [0, 0.1) is 15.9 Å². The Bertz CT molecular complexity index is 509. The number of nitro benzene ring substituents is 1. The van der Waals surface area contributed by atoms with Crippen LogP contribution in [-0.4, -0.2) is 36.7 Å². The van der Waals surface area contributed by atoms with Crippen LogP contribution >= 0.6 is 0 Å². The van der Waals surface area contributed by atoms with Crippen LogP contribution in [-0.2, 0) is 9.53 Å². The number of halogens is 1. The Morgan fingerprint density at radius 2 is 2.19 bits per heavy atom. The van der Waals surface area contributed by atoms with Gasteiger partial charge in [-0.25, -0.2) is 4.39 Å². The minimum Gasteiger partial charge on any atom is -0.485 e. The average molecular weight is 300 g/mol. The molecule has 21 heavy (non-hydrogen) atoms. The van der Waals surface area contributed by atoms with Crippen LogP contribution in [0.5, 0.6) is 5.75 Å². The first-order valence-corrected chi connectivity index (χ1v) is 6.46. The van der Waals surface area contributed by atoms with E-state index in [9.17, 15) is 19.3 Å². The molecule has 116 valence electrons. The lowest BCUT2D eigenvalue weighted by molar-refractivity contribution is -0.386. The summed E-state index contributed by atoms with van der Waals surface area (Å²) in [6.07, 6.45) is 0. The number of benzene rings is 1. The van der Waals surface area contributed by atoms with Gasteiger partial charge in [0.2, 0.25) is 0 Å². The molecule has 0 aliphatic carbocycles. The number of likely N-dealkylation sites (N-methyl/N-ethyl adjacent to an activating group) is 1. The summed E-state index contributed by atoms with van der Waals surface area (Å²) in [7, 11) is 0. The van der Waals surface area contributed by atoms with Gasteiger partial charge >= 0.3 is 11.7 Å². The summed E-state index contributed by atoms with van der Waals surface area (Å²) in [6.45, 7) is 4.04. The van der Waals surface area contributed by atoms with E-state index in [1.807, 2.05) is 0 Å². The number of carbonyl (C=O) groups excluding carboxylic acids is 1. The fraction of sp³-hybridized carbons (Fsp3) is 0.462. The molecule has 0 saturated carbocycles. The molecule has 0 radical (unpaired) electrons. The molecule has 0 bridgehead atoms. The third kappa shape index (κ3) is 4.99. The van der Waals surface area contributed by atoms with Gasteiger partial charge in [0.15, 0.2) is 5.75 Å². The van der Waals surface area contributed by atoms with Crippen LogP contribution in [0.1, 0.15) is 13.8 Å². The smallest absolute Gasteiger partial charge is 0.326 e. The summed E-state index contributed by atoms with van der Waals surface area (Å²) in [5.41, 5.74) is -0.492. The molecule has 1 N–H and O–H groups in total. The minimum atomic E-state index is -0.750. The van der Waals surface area contributed by atoms with Crippen molar-refractivity contribution in [3.8, 4) is 5.75 Å². The van der Waals surface area contributed by atoms with Gasteiger partial charge in [-0.15, -0.1) is 0 Å². The van der Waals surface area contributed by atoms with E-state index in [-0.39, 0.29) is 19.0 Å². The second kappa shape index (κ2) is 8.15. The molecule has 1 atom stereocenters. The van der Waals surface area contributed by atoms with Gasteiger partial charge in [-0.3, -0.25) is 14.9 Å². The number of ether oxygens (including phenoxy) is 2. The number of nitrogens with one attached hydrogen (secondary N) is 1. The quantitative estimate of drug-likeness (QED) is 0.446. The first-order chi connectivity index (χ1) is 9.99. The number of nitro groups is 1. The van der Waals surface area contributed by atoms with Crippen LogP contribution in [0.3, 0.4) is 0 Å². The molecule has 1 rings (SSSR count). The van der Waals surface area contributed by atoms with E-state index >= 15 is 0 Å². The van der Waals surface area contributed by atoms with Gasteiger partial charge in [0.05, 0.1) is 17.6 Å². The third-order valence-electron chi connectivity index (χ3n) is 2.54. The molecular weight excluding hydrogens is 283 g/mol. The Balaban J connectivity index is 2.80. The molecule has 1 unspecified atom stereocenters. The topological polar surface area (TPSA) is 90.7 Å². The summed E-state index contributed by atoms with van der Waals surface area (Å²) in [6, 6.07) is 2.22. The second-order valence-corrected chi connectivity index (χ2v) is 4.04. The standard InChI is InChI=1S/C13H17FN2O5/c1-3-15-10(13(17)20-4-2)8-21-12-6-5-9(14)7-11(12)16(18)19/h5-7,10,15H,3-4,8H2,1-2H3. The molecule has 0 fully saturated rings. The Hall–Kier alpha value is -2.22. The highest BCUT2D eigenvalue weighted by Gasteiger charge is 2.22. The van der Waals surface area contributed by atoms with E-state index in [0.29, 0.717) is 6.54 Å². The Kier molecular flexibility index (Phi) is 6.54. The maximum absolute atomic E-state index is 13.0. The summed E-state index contributed by atoms with van der Waals surface area (Å²) in [5, 5.41) is 13.7. The van der Waals surface area contributed by atoms with E-state index in [2.05, 4.69) is 5.32 Å². The van der Waals surface area contributed by atoms with Crippen LogP contribution in [0.4, 0.5) is 10.1 Å². The van der Waals surface area contributed by atoms with Crippen molar-refractivity contribution in [1.29, 1.82) is 0 Å². The number of rotatable bonds is 8. The molecule has 0 aliphatic heterocycles. The average Bonchev–Trinajstić information content (AvgIpc) is 2.44. The van der Waals surface area contributed by atoms with Crippen molar-refractivity contribution >= 4 is 11.7 Å². The minimum absolute atomic E-state index is 0.103. The first-order valence-electron chi connectivity index (χ1n) is 6.46. The lowest BCUT2D eigenvalue weighted by atomic mass is 10.2. The van der Waals surface area contributed by atoms with Crippen molar-refractivity contribution in [3.05, 3.63) is 34.1 Å². The van der Waals surface area contributed by atoms with Gasteiger partial charge in [-0.05, 0) is 25.6 Å². The van der Waals surface area contributed by atoms with E-state index in [1.165, 1.54) is 0 Å². The van der Waals surface area contributed by atoms with E-state index in [1.54, 1.807) is 13.8 Å². The molecular formula is C13H17FN2O5. The molecule has 0 amide bonds. The maximum atomic E-state index is 13.0. The van der Waals surface area contributed by atoms with Crippen LogP contribution < -0.4 is 10.1 Å². The van der Waals surface area contributed by atoms with Crippen molar-refractivity contribution in [2.75, 3.05) is 19.8 Å². The number of nitrogens with zero attached hydrogens (tertiary/aromatic N) is 1. The van der Waals surface area contributed by atoms with Gasteiger partial charge in [0.25, 0.3) is 0 Å². The molecule has 8 heteroatoms. The monoisotopic (exact) mass is 300 g/mol. The molecule has 0 aliphatic rings. The van der Waals surface area contributed by atoms with Gasteiger partial charge in [-0.2, -0.15) is 0 Å². The van der Waals surface area contributed by atoms with Crippen molar-refractivity contribution in [3.63, 3.8) is 0 Å². The molecule has 0 saturated heterocycles. The summed E-state index contributed by atoms with van der Waals surface area (Å²) >= 11 is 0. The van der Waals surface area contributed by atoms with Crippen molar-refractivity contribution in [1.82, 2.24) is 5.32 Å². The zero-order chi connectivity index (χ0) is 15.8. The van der Waals surface area contributed by atoms with Gasteiger partial charge in [0.1, 0.15) is 18.5 Å². The van der Waals surface area contributed by atoms with Gasteiger partial charge in [-0.1, -0.05) is 6.92 Å². The number of hydrogen-bond acceptors (Lipinski definition) is 6. The van der Waals surface area contributed by atoms with Gasteiger partial charge < -0.3 is 14.8 Å². The summed E-state index contributed by atoms with van der Waals surface area (Å²) < 4.78 is 23.1. The SMILES string of the molecule is CCNC(COc1ccc(F)cc1[N+](=O)[O-])C(=O)OCC. The van der Waals surface area contributed by atoms with Crippen molar-refractivity contribution in [2.24, 2.45) is 0 Å². The van der Waals surface area contributed by atoms with Crippen LogP contribution in [0.15, 0.2) is 18.2 Å². The molecule has 0 aromatic heterocycles. The van der Waals surface area contributed by atoms with Crippen LogP contribution in [0.2, 0.25) is 0 Å². The van der Waals surface area contributed by atoms with E-state index in [4.69, 9.17) is 9.47 Å². The zero-order valence-electron chi connectivity index (χ0n) is 11.8. The Morgan fingerprint density at radius 1 is 1.48 bits per heavy atom. The fourth-order valence-electron chi connectivity index (χ4n) is 1.63. The van der Waals surface area contributed by atoms with E-state index < -0.39 is 28.4 Å². The summed E-state index contributed by atoms with van der Waals surface area (Å²) in [4.78, 5) is 21.8. The second-order valence-electron chi connectivity index (χ2n) is 4.04. The van der Waals surface area contributed by atoms with Crippen LogP contribution in [0.25, 0.3) is 0 Å². The van der Waals surface area contributed by atoms with Crippen molar-refractivity contribution < 1.29 is 23.6 Å². The molecule has 0 spiro atoms. The fourth-order valence-corrected chi connectivity index (χ4v) is 1.63. The Morgan fingerprint density at radius 3 is 2.76 bits per heavy atom. The highest BCUT2D eigenvalue weighted by Crippen LogP contribution is 2.27. The lowest BCUT2D eigenvalue weighted by Crippen LogP contribution is -2.42. The predicted octanol–water partition coefficient (Wildman–Crippen LogP) is 1.65. The molecule has 7 nitrogen and oxygen atoms in total. The lowest BCUT2D eigenvalue weighted by Gasteiger charge is -2.16. The first kappa shape index (κ1) is 16.8.